The van der Waals surface area contributed by atoms with Gasteiger partial charge < -0.3 is 18.9 Å². The average Bonchev–Trinajstić information content (AvgIpc) is 3.45. The fourth-order valence-electron chi connectivity index (χ4n) is 5.38. The lowest BCUT2D eigenvalue weighted by atomic mass is 9.79. The topological polar surface area (TPSA) is 125 Å². The number of ether oxygens (including phenoxy) is 4. The summed E-state index contributed by atoms with van der Waals surface area (Å²) in [5.74, 6) is -2.10. The summed E-state index contributed by atoms with van der Waals surface area (Å²) in [6, 6.07) is 6.50. The highest BCUT2D eigenvalue weighted by atomic mass is 127. The fraction of sp³-hybridized carbons (Fsp3) is 0.440. The number of carbonyl (C=O) groups is 2. The van der Waals surface area contributed by atoms with E-state index in [-0.39, 0.29) is 35.2 Å². The quantitative estimate of drug-likeness (QED) is 0.144. The van der Waals surface area contributed by atoms with E-state index in [1.165, 1.54) is 12.1 Å². The van der Waals surface area contributed by atoms with Crippen LogP contribution in [0.3, 0.4) is 0 Å². The van der Waals surface area contributed by atoms with Crippen LogP contribution in [-0.4, -0.2) is 55.9 Å². The Morgan fingerprint density at radius 3 is 2.45 bits per heavy atom. The van der Waals surface area contributed by atoms with Crippen molar-refractivity contribution in [1.29, 1.82) is 0 Å². The van der Waals surface area contributed by atoms with Crippen LogP contribution in [0.4, 0.5) is 0 Å². The molecule has 0 radical (unpaired) electrons. The minimum absolute atomic E-state index is 0.195. The molecule has 3 fully saturated rings. The molecule has 38 heavy (non-hydrogen) atoms. The van der Waals surface area contributed by atoms with Gasteiger partial charge in [-0.3, -0.25) is 9.35 Å². The van der Waals surface area contributed by atoms with E-state index in [2.05, 4.69) is 67.8 Å². The van der Waals surface area contributed by atoms with Gasteiger partial charge in [0.15, 0.2) is 6.10 Å². The maximum atomic E-state index is 13.5. The Bertz CT molecular complexity index is 1440. The molecule has 5 rings (SSSR count). The molecule has 0 aromatic heterocycles. The molecule has 0 amide bonds. The summed E-state index contributed by atoms with van der Waals surface area (Å²) in [5.41, 5.74) is 1.16. The van der Waals surface area contributed by atoms with Crippen LogP contribution >= 0.6 is 67.8 Å². The van der Waals surface area contributed by atoms with Gasteiger partial charge in [0.1, 0.15) is 18.0 Å². The van der Waals surface area contributed by atoms with E-state index >= 15 is 0 Å². The maximum Gasteiger partial charge on any atom is 0.339 e. The van der Waals surface area contributed by atoms with Crippen LogP contribution in [0.5, 0.6) is 5.75 Å². The van der Waals surface area contributed by atoms with E-state index < -0.39 is 46.3 Å². The molecule has 2 bridgehead atoms. The molecule has 2 aromatic carbocycles. The van der Waals surface area contributed by atoms with Crippen LogP contribution in [0, 0.1) is 29.5 Å². The number of benzene rings is 2. The van der Waals surface area contributed by atoms with E-state index in [1.54, 1.807) is 26.8 Å². The number of rotatable bonds is 6. The Labute approximate surface area is 260 Å². The van der Waals surface area contributed by atoms with Crippen molar-refractivity contribution in [2.24, 2.45) is 11.8 Å². The molecule has 0 saturated carbocycles. The van der Waals surface area contributed by atoms with Crippen LogP contribution < -0.4 is 4.74 Å². The number of halogens is 3. The molecule has 3 aliphatic rings. The molecule has 6 unspecified atom stereocenters. The summed E-state index contributed by atoms with van der Waals surface area (Å²) in [4.78, 5) is 26.4. The van der Waals surface area contributed by atoms with Crippen molar-refractivity contribution < 1.29 is 41.5 Å². The third-order valence-electron chi connectivity index (χ3n) is 7.15. The number of esters is 2. The van der Waals surface area contributed by atoms with Gasteiger partial charge in [0, 0.05) is 16.6 Å². The lowest BCUT2D eigenvalue weighted by Gasteiger charge is -2.29. The van der Waals surface area contributed by atoms with Crippen molar-refractivity contribution in [3.8, 4) is 5.75 Å². The molecular formula is C25H23I3O9S. The molecule has 3 saturated heterocycles. The van der Waals surface area contributed by atoms with Crippen molar-refractivity contribution >= 4 is 89.8 Å². The molecule has 1 N–H and O–H groups in total. The summed E-state index contributed by atoms with van der Waals surface area (Å²) in [5, 5.41) is 0. The summed E-state index contributed by atoms with van der Waals surface area (Å²) in [7, 11) is -4.45. The van der Waals surface area contributed by atoms with E-state index in [4.69, 9.17) is 18.9 Å². The third-order valence-corrected chi connectivity index (χ3v) is 11.7. The SMILES string of the molecule is Cc1cc(S(=O)(=O)O)c(C(C)C)cc1OC(=O)C1C2COC3C2OC1C3OC(=O)c1cc(I)cc(I)c1I. The minimum atomic E-state index is -4.45. The second-order valence-electron chi connectivity index (χ2n) is 9.88. The Kier molecular flexibility index (Phi) is 8.11. The molecule has 9 nitrogen and oxygen atoms in total. The van der Waals surface area contributed by atoms with Gasteiger partial charge in [-0.2, -0.15) is 8.42 Å². The van der Waals surface area contributed by atoms with E-state index in [0.29, 0.717) is 16.7 Å². The van der Waals surface area contributed by atoms with E-state index in [1.807, 2.05) is 6.07 Å². The van der Waals surface area contributed by atoms with Gasteiger partial charge in [-0.05, 0) is 116 Å². The zero-order valence-corrected chi connectivity index (χ0v) is 27.6. The van der Waals surface area contributed by atoms with Crippen LogP contribution in [-0.2, 0) is 29.1 Å². The van der Waals surface area contributed by atoms with Crippen LogP contribution in [0.15, 0.2) is 29.2 Å². The zero-order valence-electron chi connectivity index (χ0n) is 20.3. The molecule has 3 aliphatic heterocycles. The molecular weight excluding hydrogens is 857 g/mol. The highest BCUT2D eigenvalue weighted by Gasteiger charge is 2.68. The van der Waals surface area contributed by atoms with E-state index in [9.17, 15) is 22.6 Å². The molecule has 3 heterocycles. The van der Waals surface area contributed by atoms with Crippen molar-refractivity contribution in [3.63, 3.8) is 0 Å². The first kappa shape index (κ1) is 28.9. The molecule has 6 atom stereocenters. The summed E-state index contributed by atoms with van der Waals surface area (Å²) in [6.07, 6.45) is -2.35. The van der Waals surface area contributed by atoms with Crippen molar-refractivity contribution in [2.45, 2.75) is 56.0 Å². The minimum Gasteiger partial charge on any atom is -0.453 e. The first-order valence-corrected chi connectivity index (χ1v) is 16.4. The van der Waals surface area contributed by atoms with Crippen molar-refractivity contribution in [1.82, 2.24) is 0 Å². The van der Waals surface area contributed by atoms with Gasteiger partial charge in [0.2, 0.25) is 0 Å². The predicted octanol–water partition coefficient (Wildman–Crippen LogP) is 4.72. The van der Waals surface area contributed by atoms with Crippen molar-refractivity contribution in [3.05, 3.63) is 51.7 Å². The highest BCUT2D eigenvalue weighted by Crippen LogP contribution is 2.51. The van der Waals surface area contributed by atoms with Crippen LogP contribution in [0.1, 0.15) is 41.3 Å². The number of fused-ring (bicyclic) bond motifs is 1. The Balaban J connectivity index is 1.40. The Morgan fingerprint density at radius 1 is 1.08 bits per heavy atom. The summed E-state index contributed by atoms with van der Waals surface area (Å²) >= 11 is 6.43. The maximum absolute atomic E-state index is 13.5. The molecule has 0 aliphatic carbocycles. The molecule has 13 heteroatoms. The summed E-state index contributed by atoms with van der Waals surface area (Å²) in [6.45, 7) is 5.43. The lowest BCUT2D eigenvalue weighted by molar-refractivity contribution is -0.143. The second-order valence-corrected chi connectivity index (χ2v) is 14.8. The largest absolute Gasteiger partial charge is 0.453 e. The number of hydrogen-bond donors (Lipinski definition) is 1. The average molecular weight is 880 g/mol. The van der Waals surface area contributed by atoms with Crippen molar-refractivity contribution in [2.75, 3.05) is 6.61 Å². The number of carbonyl (C=O) groups excluding carboxylic acids is 2. The van der Waals surface area contributed by atoms with Crippen LogP contribution in [0.25, 0.3) is 0 Å². The predicted molar refractivity (Wildman–Crippen MR) is 160 cm³/mol. The highest BCUT2D eigenvalue weighted by molar-refractivity contribution is 14.1. The molecule has 2 aromatic rings. The van der Waals surface area contributed by atoms with Gasteiger partial charge >= 0.3 is 11.9 Å². The lowest BCUT2D eigenvalue weighted by Crippen LogP contribution is -2.48. The second kappa shape index (κ2) is 10.7. The monoisotopic (exact) mass is 880 g/mol. The molecule has 0 spiro atoms. The fourth-order valence-corrected chi connectivity index (χ4v) is 8.67. The normalized spacial score (nSPS) is 27.7. The first-order valence-electron chi connectivity index (χ1n) is 11.7. The molecule has 204 valence electrons. The number of hydrogen-bond acceptors (Lipinski definition) is 8. The third kappa shape index (κ3) is 5.13. The van der Waals surface area contributed by atoms with Gasteiger partial charge in [-0.15, -0.1) is 0 Å². The van der Waals surface area contributed by atoms with Gasteiger partial charge in [0.25, 0.3) is 10.1 Å². The smallest absolute Gasteiger partial charge is 0.339 e. The Morgan fingerprint density at radius 2 is 1.79 bits per heavy atom. The van der Waals surface area contributed by atoms with Gasteiger partial charge in [-0.1, -0.05) is 13.8 Å². The van der Waals surface area contributed by atoms with Gasteiger partial charge in [0.05, 0.1) is 29.1 Å². The number of aryl methyl sites for hydroxylation is 1. The standard InChI is InChI=1S/C25H23I3O9S/c1-9(2)12-7-16(10(3)4-17(12)38(31,32)33)35-25(30)18-14-8-34-22-20(14)36-21(18)23(22)37-24(29)13-5-11(26)6-15(27)19(13)28/h4-7,9,14,18,20-23H,8H2,1-3H3,(H,31,32,33). The Hall–Kier alpha value is -0.600. The summed E-state index contributed by atoms with van der Waals surface area (Å²) < 4.78 is 59.7. The van der Waals surface area contributed by atoms with E-state index in [0.717, 1.165) is 10.7 Å². The van der Waals surface area contributed by atoms with Gasteiger partial charge in [-0.25, -0.2) is 4.79 Å². The first-order chi connectivity index (χ1) is 17.8. The zero-order chi connectivity index (χ0) is 27.7. The van der Waals surface area contributed by atoms with Crippen LogP contribution in [0.2, 0.25) is 0 Å².